The second kappa shape index (κ2) is 5.56. The van der Waals surface area contributed by atoms with Gasteiger partial charge in [-0.05, 0) is 25.1 Å². The van der Waals surface area contributed by atoms with Gasteiger partial charge in [0.05, 0.1) is 23.0 Å². The number of rotatable bonds is 4. The average Bonchev–Trinajstić information content (AvgIpc) is 2.76. The molecule has 1 heterocycles. The number of hydrogen-bond donors (Lipinski definition) is 3. The van der Waals surface area contributed by atoms with Crippen molar-refractivity contribution in [2.75, 3.05) is 5.73 Å². The number of hydrogen-bond acceptors (Lipinski definition) is 4. The number of aromatic nitrogens is 2. The lowest BCUT2D eigenvalue weighted by molar-refractivity contribution is 0.540. The summed E-state index contributed by atoms with van der Waals surface area (Å²) in [5.74, 6) is 5.19. The maximum Gasteiger partial charge on any atom is 0.123 e. The fourth-order valence-corrected chi connectivity index (χ4v) is 2.27. The molecule has 2 aromatic rings. The van der Waals surface area contributed by atoms with Crippen molar-refractivity contribution in [1.82, 2.24) is 15.2 Å². The molecule has 1 aromatic carbocycles. The summed E-state index contributed by atoms with van der Waals surface area (Å²) in [6.07, 6.45) is 1.53. The summed E-state index contributed by atoms with van der Waals surface area (Å²) in [4.78, 5) is 0. The first-order valence-corrected chi connectivity index (χ1v) is 6.18. The quantitative estimate of drug-likeness (QED) is 0.454. The molecule has 0 amide bonds. The molecule has 2 rings (SSSR count). The molecule has 0 spiro atoms. The standard InChI is InChI=1S/C12H15ClFN5/c1-2-19-12(9(13)6-17-19)11(18-16)8-5-7(14)3-4-10(8)15/h3-6,11,18H,2,15-16H2,1H3. The van der Waals surface area contributed by atoms with Crippen molar-refractivity contribution in [3.8, 4) is 0 Å². The van der Waals surface area contributed by atoms with Crippen LogP contribution in [-0.2, 0) is 6.54 Å². The Hall–Kier alpha value is -1.63. The minimum atomic E-state index is -0.523. The molecular formula is C12H15ClFN5. The second-order valence-corrected chi connectivity index (χ2v) is 4.47. The summed E-state index contributed by atoms with van der Waals surface area (Å²) >= 11 is 6.13. The fraction of sp³-hybridized carbons (Fsp3) is 0.250. The predicted octanol–water partition coefficient (Wildman–Crippen LogP) is 1.83. The molecule has 5 N–H and O–H groups in total. The Balaban J connectivity index is 2.56. The van der Waals surface area contributed by atoms with E-state index in [1.807, 2.05) is 6.92 Å². The van der Waals surface area contributed by atoms with Crippen LogP contribution in [0.4, 0.5) is 10.1 Å². The van der Waals surface area contributed by atoms with Crippen molar-refractivity contribution in [2.24, 2.45) is 5.84 Å². The van der Waals surface area contributed by atoms with Crippen LogP contribution in [0.3, 0.4) is 0 Å². The minimum absolute atomic E-state index is 0.386. The fourth-order valence-electron chi connectivity index (χ4n) is 2.02. The van der Waals surface area contributed by atoms with Crippen molar-refractivity contribution < 1.29 is 4.39 Å². The third-order valence-electron chi connectivity index (χ3n) is 2.93. The third kappa shape index (κ3) is 2.56. The highest BCUT2D eigenvalue weighted by Crippen LogP contribution is 2.31. The number of nitrogens with zero attached hydrogens (tertiary/aromatic N) is 2. The Morgan fingerprint density at radius 1 is 1.53 bits per heavy atom. The maximum atomic E-state index is 13.4. The summed E-state index contributed by atoms with van der Waals surface area (Å²) < 4.78 is 15.1. The number of hydrazine groups is 1. The van der Waals surface area contributed by atoms with E-state index < -0.39 is 6.04 Å². The molecule has 0 aliphatic heterocycles. The molecule has 1 unspecified atom stereocenters. The minimum Gasteiger partial charge on any atom is -0.398 e. The molecule has 0 aliphatic rings. The normalized spacial score (nSPS) is 12.6. The Bertz CT molecular complexity index is 583. The molecule has 0 aliphatic carbocycles. The highest BCUT2D eigenvalue weighted by atomic mass is 35.5. The van der Waals surface area contributed by atoms with Gasteiger partial charge >= 0.3 is 0 Å². The number of nitrogen functional groups attached to an aromatic ring is 1. The van der Waals surface area contributed by atoms with Gasteiger partial charge < -0.3 is 5.73 Å². The number of nitrogens with one attached hydrogen (secondary N) is 1. The Kier molecular flexibility index (Phi) is 4.04. The van der Waals surface area contributed by atoms with E-state index in [0.29, 0.717) is 28.5 Å². The lowest BCUT2D eigenvalue weighted by atomic mass is 10.0. The molecule has 0 bridgehead atoms. The molecule has 1 aromatic heterocycles. The van der Waals surface area contributed by atoms with Gasteiger partial charge in [-0.2, -0.15) is 5.10 Å². The summed E-state index contributed by atoms with van der Waals surface area (Å²) in [7, 11) is 0. The van der Waals surface area contributed by atoms with Gasteiger partial charge in [0, 0.05) is 17.8 Å². The first-order chi connectivity index (χ1) is 9.08. The van der Waals surface area contributed by atoms with Crippen molar-refractivity contribution in [3.05, 3.63) is 46.5 Å². The molecule has 0 saturated heterocycles. The number of halogens is 2. The molecule has 102 valence electrons. The maximum absolute atomic E-state index is 13.4. The van der Waals surface area contributed by atoms with Crippen LogP contribution in [0.1, 0.15) is 24.2 Å². The zero-order chi connectivity index (χ0) is 14.0. The monoisotopic (exact) mass is 283 g/mol. The first kappa shape index (κ1) is 13.8. The highest BCUT2D eigenvalue weighted by Gasteiger charge is 2.23. The van der Waals surface area contributed by atoms with Crippen LogP contribution < -0.4 is 17.0 Å². The van der Waals surface area contributed by atoms with E-state index in [2.05, 4.69) is 10.5 Å². The summed E-state index contributed by atoms with van der Waals surface area (Å²) in [6, 6.07) is 3.61. The molecular weight excluding hydrogens is 269 g/mol. The van der Waals surface area contributed by atoms with Crippen LogP contribution in [0, 0.1) is 5.82 Å². The van der Waals surface area contributed by atoms with Gasteiger partial charge in [-0.15, -0.1) is 0 Å². The van der Waals surface area contributed by atoms with Gasteiger partial charge in [0.2, 0.25) is 0 Å². The molecule has 7 heteroatoms. The number of aryl methyl sites for hydroxylation is 1. The summed E-state index contributed by atoms with van der Waals surface area (Å²) in [5, 5.41) is 4.59. The molecule has 1 atom stereocenters. The van der Waals surface area contributed by atoms with Gasteiger partial charge in [-0.3, -0.25) is 10.5 Å². The Morgan fingerprint density at radius 3 is 2.89 bits per heavy atom. The molecule has 0 radical (unpaired) electrons. The predicted molar refractivity (Wildman–Crippen MR) is 72.9 cm³/mol. The largest absolute Gasteiger partial charge is 0.398 e. The van der Waals surface area contributed by atoms with E-state index in [9.17, 15) is 4.39 Å². The topological polar surface area (TPSA) is 81.9 Å². The van der Waals surface area contributed by atoms with Gasteiger partial charge in [-0.25, -0.2) is 9.82 Å². The zero-order valence-electron chi connectivity index (χ0n) is 10.4. The van der Waals surface area contributed by atoms with Crippen LogP contribution in [0.2, 0.25) is 5.02 Å². The van der Waals surface area contributed by atoms with Crippen LogP contribution >= 0.6 is 11.6 Å². The number of anilines is 1. The van der Waals surface area contributed by atoms with E-state index >= 15 is 0 Å². The van der Waals surface area contributed by atoms with Gasteiger partial charge in [0.25, 0.3) is 0 Å². The second-order valence-electron chi connectivity index (χ2n) is 4.07. The average molecular weight is 284 g/mol. The van der Waals surface area contributed by atoms with Gasteiger partial charge in [-0.1, -0.05) is 11.6 Å². The van der Waals surface area contributed by atoms with Crippen LogP contribution in [0.5, 0.6) is 0 Å². The van der Waals surface area contributed by atoms with Crippen molar-refractivity contribution in [1.29, 1.82) is 0 Å². The van der Waals surface area contributed by atoms with Crippen molar-refractivity contribution in [3.63, 3.8) is 0 Å². The van der Waals surface area contributed by atoms with Crippen LogP contribution in [0.25, 0.3) is 0 Å². The molecule has 0 fully saturated rings. The third-order valence-corrected chi connectivity index (χ3v) is 3.22. The van der Waals surface area contributed by atoms with E-state index in [4.69, 9.17) is 23.2 Å². The van der Waals surface area contributed by atoms with Gasteiger partial charge in [0.1, 0.15) is 5.82 Å². The lowest BCUT2D eigenvalue weighted by Crippen LogP contribution is -2.31. The zero-order valence-corrected chi connectivity index (χ0v) is 11.2. The van der Waals surface area contributed by atoms with Crippen LogP contribution in [-0.4, -0.2) is 9.78 Å². The van der Waals surface area contributed by atoms with E-state index in [1.165, 1.54) is 24.4 Å². The lowest BCUT2D eigenvalue weighted by Gasteiger charge is -2.20. The number of nitrogens with two attached hydrogens (primary N) is 2. The highest BCUT2D eigenvalue weighted by molar-refractivity contribution is 6.31. The summed E-state index contributed by atoms with van der Waals surface area (Å²) in [6.45, 7) is 2.55. The Morgan fingerprint density at radius 2 is 2.26 bits per heavy atom. The van der Waals surface area contributed by atoms with E-state index in [-0.39, 0.29) is 5.82 Å². The molecule has 19 heavy (non-hydrogen) atoms. The summed E-state index contributed by atoms with van der Waals surface area (Å²) in [5.41, 5.74) is 10.1. The smallest absolute Gasteiger partial charge is 0.123 e. The first-order valence-electron chi connectivity index (χ1n) is 5.80. The van der Waals surface area contributed by atoms with E-state index in [1.54, 1.807) is 4.68 Å². The molecule has 0 saturated carbocycles. The Labute approximate surface area is 115 Å². The van der Waals surface area contributed by atoms with E-state index in [0.717, 1.165) is 0 Å². The molecule has 5 nitrogen and oxygen atoms in total. The SMILES string of the molecule is CCn1ncc(Cl)c1C(NN)c1cc(F)ccc1N. The number of benzene rings is 1. The van der Waals surface area contributed by atoms with Gasteiger partial charge in [0.15, 0.2) is 0 Å². The van der Waals surface area contributed by atoms with Crippen molar-refractivity contribution >= 4 is 17.3 Å². The van der Waals surface area contributed by atoms with Crippen LogP contribution in [0.15, 0.2) is 24.4 Å². The van der Waals surface area contributed by atoms with Crippen molar-refractivity contribution in [2.45, 2.75) is 19.5 Å².